The van der Waals surface area contributed by atoms with Gasteiger partial charge in [0.1, 0.15) is 0 Å². The molecule has 2 N–H and O–H groups in total. The number of nitrogens with zero attached hydrogens (tertiary/aromatic N) is 1. The molecule has 2 aliphatic heterocycles. The van der Waals surface area contributed by atoms with Gasteiger partial charge in [-0.15, -0.1) is 0 Å². The maximum absolute atomic E-state index is 10.3. The van der Waals surface area contributed by atoms with Crippen LogP contribution in [0.1, 0.15) is 374 Å². The Morgan fingerprint density at radius 2 is 0.593 bits per heavy atom. The fourth-order valence-electron chi connectivity index (χ4n) is 12.1. The molecule has 0 spiro atoms. The van der Waals surface area contributed by atoms with E-state index < -0.39 is 5.79 Å². The monoisotopic (exact) mass is 1200 g/mol. The number of likely N-dealkylation sites (tertiary alicyclic amines) is 1. The number of unbranched alkanes of at least 4 members (excludes halogenated alkanes) is 36. The Morgan fingerprint density at radius 1 is 0.337 bits per heavy atom. The van der Waals surface area contributed by atoms with Crippen molar-refractivity contribution in [3.05, 3.63) is 97.2 Å². The highest BCUT2D eigenvalue weighted by Gasteiger charge is 2.47. The summed E-state index contributed by atoms with van der Waals surface area (Å²) >= 11 is 0. The zero-order chi connectivity index (χ0) is 62.1. The maximum atomic E-state index is 10.3. The Kier molecular flexibility index (Phi) is 61.1. The molecule has 5 heteroatoms. The molecule has 2 aliphatic rings. The van der Waals surface area contributed by atoms with Gasteiger partial charge in [0.2, 0.25) is 0 Å². The van der Waals surface area contributed by atoms with Gasteiger partial charge < -0.3 is 24.6 Å². The molecule has 0 bridgehead atoms. The van der Waals surface area contributed by atoms with Gasteiger partial charge >= 0.3 is 0 Å². The van der Waals surface area contributed by atoms with Gasteiger partial charge in [0.15, 0.2) is 11.6 Å². The van der Waals surface area contributed by atoms with E-state index in [2.05, 4.69) is 137 Å². The zero-order valence-corrected chi connectivity index (χ0v) is 58.1. The summed E-state index contributed by atoms with van der Waals surface area (Å²) in [5, 5.41) is 20.6. The molecule has 0 aliphatic carbocycles. The maximum Gasteiger partial charge on any atom is 0.169 e. The lowest BCUT2D eigenvalue weighted by molar-refractivity contribution is -0.189. The molecule has 0 aromatic heterocycles. The Hall–Kier alpha value is -2.28. The largest absolute Gasteiger partial charge is 0.366 e. The van der Waals surface area contributed by atoms with Crippen molar-refractivity contribution in [2.75, 3.05) is 20.1 Å². The summed E-state index contributed by atoms with van der Waals surface area (Å²) < 4.78 is 13.7. The van der Waals surface area contributed by atoms with E-state index >= 15 is 0 Å². The highest BCUT2D eigenvalue weighted by molar-refractivity contribution is 4.96. The summed E-state index contributed by atoms with van der Waals surface area (Å²) in [5.41, 5.74) is 0. The molecule has 0 radical (unpaired) electrons. The van der Waals surface area contributed by atoms with Crippen molar-refractivity contribution in [2.24, 2.45) is 0 Å². The predicted octanol–water partition coefficient (Wildman–Crippen LogP) is 25.7. The number of fused-ring (bicyclic) bond motifs is 1. The second-order valence-electron chi connectivity index (χ2n) is 26.4. The third kappa shape index (κ3) is 55.8. The second-order valence-corrected chi connectivity index (χ2v) is 26.4. The van der Waals surface area contributed by atoms with Gasteiger partial charge in [-0.05, 0) is 181 Å². The molecule has 0 aromatic carbocycles. The molecule has 86 heavy (non-hydrogen) atoms. The normalized spacial score (nSPS) is 17.0. The fourth-order valence-corrected chi connectivity index (χ4v) is 12.1. The van der Waals surface area contributed by atoms with Crippen LogP contribution in [-0.2, 0) is 9.47 Å². The average Bonchev–Trinajstić information content (AvgIpc) is 3.47. The standard InChI is InChI=1S/C44H79NO2.C37H68O2/c1-4-6-8-10-12-14-16-18-20-22-24-26-28-30-32-34-38-44(46-42-37-36-40-45(3)41-43(42)47-44)39-35-33-31-29-27-25-23-21-19-17-15-13-11-9-7-5-2;1-3-5-7-9-11-13-15-17-19-21-23-25-27-29-31-33-35-37(38,39)36-34-32-30-28-26-24-22-20-18-16-14-12-10-8-6-4-2/h12-15,18-21,42-43H,4-11,16-17,22-41H2,1-3H3;11-14,17-20,38-39H,3-10,15-16,21-36H2,1-2H3/b14-12-,15-13-,20-18-,21-19-;13-11-,14-12-,19-17-,20-18-. The van der Waals surface area contributed by atoms with Gasteiger partial charge in [-0.1, -0.05) is 279 Å². The summed E-state index contributed by atoms with van der Waals surface area (Å²) in [7, 11) is 2.25. The van der Waals surface area contributed by atoms with E-state index in [-0.39, 0.29) is 11.9 Å². The first-order chi connectivity index (χ1) is 42.3. The number of hydrogen-bond donors (Lipinski definition) is 2. The fraction of sp³-hybridized carbons (Fsp3) is 0.802. The molecule has 5 nitrogen and oxygen atoms in total. The van der Waals surface area contributed by atoms with E-state index in [0.29, 0.717) is 18.9 Å². The minimum absolute atomic E-state index is 0.261. The number of rotatable bonds is 60. The van der Waals surface area contributed by atoms with E-state index in [1.54, 1.807) is 0 Å². The van der Waals surface area contributed by atoms with Crippen LogP contribution in [0.5, 0.6) is 0 Å². The molecular weight excluding hydrogens is 1050 g/mol. The van der Waals surface area contributed by atoms with Crippen molar-refractivity contribution in [1.82, 2.24) is 4.90 Å². The minimum atomic E-state index is -1.45. The topological polar surface area (TPSA) is 62.2 Å². The SMILES string of the molecule is CCCCC/C=C\C/C=C\CCCCCCCCC(O)(O)CCCCCCCC/C=C\C/C=C\CCCCC.CCCCC/C=C\C/C=C\CCCCCCCCC1(CCCCCCCC/C=C\C/C=C\CCCCC)OC2CCCN(C)CC2O1. The number of likely N-dealkylation sites (N-methyl/N-ethyl adjacent to an activating group) is 1. The molecule has 0 amide bonds. The molecule has 2 rings (SSSR count). The van der Waals surface area contributed by atoms with Gasteiger partial charge in [0.05, 0.1) is 12.2 Å². The first-order valence-electron chi connectivity index (χ1n) is 38.0. The number of allylic oxidation sites excluding steroid dienone is 16. The molecule has 2 unspecified atom stereocenters. The zero-order valence-electron chi connectivity index (χ0n) is 58.1. The molecular formula is C81H147NO4. The van der Waals surface area contributed by atoms with Gasteiger partial charge in [0.25, 0.3) is 0 Å². The van der Waals surface area contributed by atoms with Crippen LogP contribution in [-0.4, -0.2) is 59.0 Å². The third-order valence-electron chi connectivity index (χ3n) is 17.7. The Labute approximate surface area is 537 Å². The van der Waals surface area contributed by atoms with Gasteiger partial charge in [-0.2, -0.15) is 0 Å². The molecule has 2 heterocycles. The van der Waals surface area contributed by atoms with Crippen LogP contribution in [0.2, 0.25) is 0 Å². The van der Waals surface area contributed by atoms with Crippen molar-refractivity contribution >= 4 is 0 Å². The Bertz CT molecular complexity index is 1540. The summed E-state index contributed by atoms with van der Waals surface area (Å²) in [5.74, 6) is -1.78. The van der Waals surface area contributed by atoms with Crippen molar-refractivity contribution in [1.29, 1.82) is 0 Å². The quantitative estimate of drug-likeness (QED) is 0.0361. The number of ether oxygens (including phenoxy) is 2. The van der Waals surface area contributed by atoms with Gasteiger partial charge in [-0.25, -0.2) is 0 Å². The molecule has 2 saturated heterocycles. The number of hydrogen-bond acceptors (Lipinski definition) is 5. The predicted molar refractivity (Wildman–Crippen MR) is 382 cm³/mol. The third-order valence-corrected chi connectivity index (χ3v) is 17.7. The molecule has 500 valence electrons. The summed E-state index contributed by atoms with van der Waals surface area (Å²) in [6, 6.07) is 0. The Balaban J connectivity index is 0.000000877. The smallest absolute Gasteiger partial charge is 0.169 e. The summed E-state index contributed by atoms with van der Waals surface area (Å²) in [6.45, 7) is 11.2. The van der Waals surface area contributed by atoms with Crippen LogP contribution < -0.4 is 0 Å². The van der Waals surface area contributed by atoms with Crippen molar-refractivity contribution in [3.63, 3.8) is 0 Å². The highest BCUT2D eigenvalue weighted by atomic mass is 16.8. The van der Waals surface area contributed by atoms with Crippen molar-refractivity contribution in [3.8, 4) is 0 Å². The number of aliphatic hydroxyl groups is 2. The van der Waals surface area contributed by atoms with E-state index in [0.717, 1.165) is 77.2 Å². The van der Waals surface area contributed by atoms with Crippen LogP contribution in [0.15, 0.2) is 97.2 Å². The average molecular weight is 1200 g/mol. The van der Waals surface area contributed by atoms with Crippen molar-refractivity contribution in [2.45, 2.75) is 398 Å². The molecule has 0 aromatic rings. The second kappa shape index (κ2) is 64.3. The van der Waals surface area contributed by atoms with Gasteiger partial charge in [-0.3, -0.25) is 0 Å². The lowest BCUT2D eigenvalue weighted by atomic mass is 9.98. The summed E-state index contributed by atoms with van der Waals surface area (Å²) in [4.78, 5) is 2.45. The molecule has 2 fully saturated rings. The first-order valence-corrected chi connectivity index (χ1v) is 38.0. The van der Waals surface area contributed by atoms with E-state index in [9.17, 15) is 10.2 Å². The van der Waals surface area contributed by atoms with Crippen LogP contribution in [0.25, 0.3) is 0 Å². The van der Waals surface area contributed by atoms with E-state index in [1.807, 2.05) is 0 Å². The van der Waals surface area contributed by atoms with Crippen LogP contribution in [0.3, 0.4) is 0 Å². The van der Waals surface area contributed by atoms with E-state index in [4.69, 9.17) is 9.47 Å². The van der Waals surface area contributed by atoms with E-state index in [1.165, 1.54) is 270 Å². The minimum Gasteiger partial charge on any atom is -0.366 e. The first kappa shape index (κ1) is 81.7. The summed E-state index contributed by atoms with van der Waals surface area (Å²) in [6.07, 6.45) is 104. The van der Waals surface area contributed by atoms with Crippen molar-refractivity contribution < 1.29 is 19.7 Å². The Morgan fingerprint density at radius 3 is 0.895 bits per heavy atom. The highest BCUT2D eigenvalue weighted by Crippen LogP contribution is 2.40. The van der Waals surface area contributed by atoms with Crippen LogP contribution >= 0.6 is 0 Å². The lowest BCUT2D eigenvalue weighted by Gasteiger charge is -2.29. The molecule has 2 atom stereocenters. The molecule has 0 saturated carbocycles. The van der Waals surface area contributed by atoms with Gasteiger partial charge in [0, 0.05) is 32.2 Å². The van der Waals surface area contributed by atoms with Crippen LogP contribution in [0, 0.1) is 0 Å². The van der Waals surface area contributed by atoms with Crippen LogP contribution in [0.4, 0.5) is 0 Å². The lowest BCUT2D eigenvalue weighted by Crippen LogP contribution is -2.35.